The molecule has 1 N–H and O–H groups in total. The maximum Gasteiger partial charge on any atom is 0.327 e. The van der Waals surface area contributed by atoms with Crippen LogP contribution < -0.4 is 15.0 Å². The van der Waals surface area contributed by atoms with Gasteiger partial charge in [0.15, 0.2) is 0 Å². The molecule has 176 valence electrons. The van der Waals surface area contributed by atoms with Crippen molar-refractivity contribution in [3.63, 3.8) is 0 Å². The van der Waals surface area contributed by atoms with E-state index in [0.29, 0.717) is 39.1 Å². The van der Waals surface area contributed by atoms with Crippen LogP contribution in [0.15, 0.2) is 83.0 Å². The van der Waals surface area contributed by atoms with Gasteiger partial charge in [-0.05, 0) is 55.0 Å². The van der Waals surface area contributed by atoms with Crippen LogP contribution >= 0.6 is 11.6 Å². The molecule has 2 amide bonds. The number of hydrogen-bond donors (Lipinski definition) is 1. The number of anilines is 1. The molecule has 0 fully saturated rings. The average molecular weight is 491 g/mol. The number of amides is 2. The van der Waals surface area contributed by atoms with Crippen molar-refractivity contribution in [2.75, 3.05) is 12.0 Å². The molecule has 1 unspecified atom stereocenters. The van der Waals surface area contributed by atoms with Crippen LogP contribution in [0.5, 0.6) is 5.75 Å². The van der Waals surface area contributed by atoms with E-state index in [0.717, 1.165) is 5.56 Å². The second-order valence-corrected chi connectivity index (χ2v) is 8.34. The number of allylic oxidation sites excluding steroid dienone is 1. The second-order valence-electron chi connectivity index (χ2n) is 7.90. The van der Waals surface area contributed by atoms with Crippen LogP contribution in [0.2, 0.25) is 5.02 Å². The van der Waals surface area contributed by atoms with Gasteiger partial charge >= 0.3 is 6.03 Å². The first-order chi connectivity index (χ1) is 16.9. The minimum Gasteiger partial charge on any atom is -0.497 e. The fourth-order valence-corrected chi connectivity index (χ4v) is 4.26. The van der Waals surface area contributed by atoms with Crippen LogP contribution in [0.1, 0.15) is 24.4 Å². The van der Waals surface area contributed by atoms with Crippen LogP contribution in [-0.4, -0.2) is 23.3 Å². The number of hydrogen-bond acceptors (Lipinski definition) is 5. The molecule has 4 aromatic rings. The fourth-order valence-electron chi connectivity index (χ4n) is 4.07. The van der Waals surface area contributed by atoms with Gasteiger partial charge in [-0.15, -0.1) is 0 Å². The van der Waals surface area contributed by atoms with Gasteiger partial charge in [0.2, 0.25) is 5.82 Å². The maximum atomic E-state index is 14.0. The molecule has 0 saturated heterocycles. The van der Waals surface area contributed by atoms with Crippen LogP contribution in [0.3, 0.4) is 0 Å². The van der Waals surface area contributed by atoms with Gasteiger partial charge in [-0.2, -0.15) is 4.98 Å². The summed E-state index contributed by atoms with van der Waals surface area (Å²) in [7, 11) is 1.58. The Morgan fingerprint density at radius 3 is 2.57 bits per heavy atom. The van der Waals surface area contributed by atoms with Crippen LogP contribution in [0.25, 0.3) is 17.0 Å². The number of nitrogens with one attached hydrogen (secondary N) is 1. The summed E-state index contributed by atoms with van der Waals surface area (Å²) < 4.78 is 24.9. The third-order valence-electron chi connectivity index (χ3n) is 5.74. The smallest absolute Gasteiger partial charge is 0.327 e. The van der Waals surface area contributed by atoms with Crippen molar-refractivity contribution in [1.82, 2.24) is 15.5 Å². The number of aromatic nitrogens is 2. The van der Waals surface area contributed by atoms with E-state index >= 15 is 0 Å². The number of benzene rings is 3. The lowest BCUT2D eigenvalue weighted by Gasteiger charge is -2.35. The highest BCUT2D eigenvalue weighted by Gasteiger charge is 2.36. The standard InChI is InChI=1S/C26H20ClFN4O3/c1-15-22(25-30-24(31-35-25)17-5-3-6-18(27)13-17)23(16-9-11-21(34-2)12-10-16)29-26(33)32(15)20-8-4-7-19(28)14-20/h3-14,23H,1-2H3,(H,29,33). The Morgan fingerprint density at radius 2 is 1.86 bits per heavy atom. The molecule has 0 spiro atoms. The zero-order valence-electron chi connectivity index (χ0n) is 18.8. The van der Waals surface area contributed by atoms with E-state index in [1.54, 1.807) is 56.5 Å². The molecular formula is C26H20ClFN4O3. The van der Waals surface area contributed by atoms with E-state index in [1.165, 1.54) is 17.0 Å². The van der Waals surface area contributed by atoms with E-state index in [1.807, 2.05) is 18.2 Å². The number of ether oxygens (including phenoxy) is 1. The molecule has 0 bridgehead atoms. The molecule has 5 rings (SSSR count). The van der Waals surface area contributed by atoms with Crippen molar-refractivity contribution >= 4 is 28.9 Å². The maximum absolute atomic E-state index is 14.0. The molecule has 1 aliphatic rings. The quantitative estimate of drug-likeness (QED) is 0.358. The largest absolute Gasteiger partial charge is 0.497 e. The van der Waals surface area contributed by atoms with Gasteiger partial charge in [-0.3, -0.25) is 4.90 Å². The lowest BCUT2D eigenvalue weighted by atomic mass is 9.94. The highest BCUT2D eigenvalue weighted by Crippen LogP contribution is 2.39. The van der Waals surface area contributed by atoms with Crippen molar-refractivity contribution in [2.24, 2.45) is 0 Å². The van der Waals surface area contributed by atoms with Gasteiger partial charge in [0.05, 0.1) is 24.4 Å². The Labute approximate surface area is 205 Å². The summed E-state index contributed by atoms with van der Waals surface area (Å²) in [6, 6.07) is 19.2. The first kappa shape index (κ1) is 22.6. The summed E-state index contributed by atoms with van der Waals surface area (Å²) in [5.74, 6) is 0.800. The average Bonchev–Trinajstić information content (AvgIpc) is 3.34. The van der Waals surface area contributed by atoms with Gasteiger partial charge in [0.25, 0.3) is 5.89 Å². The molecule has 35 heavy (non-hydrogen) atoms. The van der Waals surface area contributed by atoms with Gasteiger partial charge in [-0.25, -0.2) is 9.18 Å². The number of urea groups is 1. The first-order valence-corrected chi connectivity index (χ1v) is 11.1. The Morgan fingerprint density at radius 1 is 1.09 bits per heavy atom. The van der Waals surface area contributed by atoms with Gasteiger partial charge in [-0.1, -0.05) is 47.1 Å². The predicted molar refractivity (Wildman–Crippen MR) is 130 cm³/mol. The van der Waals surface area contributed by atoms with E-state index in [2.05, 4.69) is 15.5 Å². The molecule has 1 aliphatic heterocycles. The van der Waals surface area contributed by atoms with Crippen LogP contribution in [0.4, 0.5) is 14.9 Å². The number of methoxy groups -OCH3 is 1. The van der Waals surface area contributed by atoms with Crippen molar-refractivity contribution in [1.29, 1.82) is 0 Å². The van der Waals surface area contributed by atoms with Gasteiger partial charge in [0.1, 0.15) is 11.6 Å². The third-order valence-corrected chi connectivity index (χ3v) is 5.97. The minimum absolute atomic E-state index is 0.222. The summed E-state index contributed by atoms with van der Waals surface area (Å²) in [5.41, 5.74) is 2.96. The molecule has 2 heterocycles. The normalized spacial score (nSPS) is 15.8. The molecule has 7 nitrogen and oxygen atoms in total. The zero-order chi connectivity index (χ0) is 24.5. The van der Waals surface area contributed by atoms with Crippen molar-refractivity contribution < 1.29 is 18.4 Å². The third kappa shape index (κ3) is 4.36. The van der Waals surface area contributed by atoms with E-state index in [4.69, 9.17) is 20.9 Å². The summed E-state index contributed by atoms with van der Waals surface area (Å²) >= 11 is 6.13. The number of carbonyl (C=O) groups excluding carboxylic acids is 1. The number of nitrogens with zero attached hydrogens (tertiary/aromatic N) is 3. The van der Waals surface area contributed by atoms with E-state index < -0.39 is 17.9 Å². The van der Waals surface area contributed by atoms with Crippen LogP contribution in [-0.2, 0) is 0 Å². The molecule has 1 atom stereocenters. The fraction of sp³-hybridized carbons (Fsp3) is 0.115. The Hall–Kier alpha value is -4.17. The highest BCUT2D eigenvalue weighted by atomic mass is 35.5. The molecule has 3 aromatic carbocycles. The first-order valence-electron chi connectivity index (χ1n) is 10.8. The topological polar surface area (TPSA) is 80.5 Å². The Kier molecular flexibility index (Phi) is 5.96. The summed E-state index contributed by atoms with van der Waals surface area (Å²) in [4.78, 5) is 19.2. The molecule has 0 radical (unpaired) electrons. The summed E-state index contributed by atoms with van der Waals surface area (Å²) in [6.07, 6.45) is 0. The predicted octanol–water partition coefficient (Wildman–Crippen LogP) is 6.24. The van der Waals surface area contributed by atoms with Gasteiger partial charge in [0, 0.05) is 16.3 Å². The minimum atomic E-state index is -0.592. The molecule has 0 saturated carbocycles. The number of rotatable bonds is 5. The number of halogens is 2. The summed E-state index contributed by atoms with van der Waals surface area (Å²) in [6.45, 7) is 1.76. The van der Waals surface area contributed by atoms with Crippen molar-refractivity contribution in [3.8, 4) is 17.1 Å². The Balaban J connectivity index is 1.65. The highest BCUT2D eigenvalue weighted by molar-refractivity contribution is 6.30. The monoisotopic (exact) mass is 490 g/mol. The van der Waals surface area contributed by atoms with E-state index in [-0.39, 0.29) is 5.89 Å². The van der Waals surface area contributed by atoms with Crippen molar-refractivity contribution in [2.45, 2.75) is 13.0 Å². The lowest BCUT2D eigenvalue weighted by molar-refractivity contribution is 0.244. The van der Waals surface area contributed by atoms with E-state index in [9.17, 15) is 9.18 Å². The number of carbonyl (C=O) groups is 1. The second kappa shape index (κ2) is 9.23. The molecule has 9 heteroatoms. The van der Waals surface area contributed by atoms with Crippen LogP contribution in [0, 0.1) is 5.82 Å². The zero-order valence-corrected chi connectivity index (χ0v) is 19.6. The molecule has 0 aliphatic carbocycles. The lowest BCUT2D eigenvalue weighted by Crippen LogP contribution is -2.46. The SMILES string of the molecule is COc1ccc(C2NC(=O)N(c3cccc(F)c3)C(C)=C2c2nc(-c3cccc(Cl)c3)no2)cc1. The summed E-state index contributed by atoms with van der Waals surface area (Å²) in [5, 5.41) is 7.67. The van der Waals surface area contributed by atoms with Crippen molar-refractivity contribution in [3.05, 3.63) is 101 Å². The molecular weight excluding hydrogens is 471 g/mol. The molecule has 1 aromatic heterocycles. The Bertz CT molecular complexity index is 1430. The van der Waals surface area contributed by atoms with Gasteiger partial charge < -0.3 is 14.6 Å².